The molecule has 0 saturated heterocycles. The molecule has 1 amide bonds. The summed E-state index contributed by atoms with van der Waals surface area (Å²) in [6.07, 6.45) is 1.69. The molecule has 3 aromatic rings. The van der Waals surface area contributed by atoms with Crippen LogP contribution in [0.25, 0.3) is 0 Å². The van der Waals surface area contributed by atoms with Crippen molar-refractivity contribution in [3.05, 3.63) is 69.6 Å². The van der Waals surface area contributed by atoms with Gasteiger partial charge in [-0.05, 0) is 42.6 Å². The zero-order valence-electron chi connectivity index (χ0n) is 12.2. The number of hydrogen-bond donors (Lipinski definition) is 2. The molecule has 0 aromatic carbocycles. The number of aromatic nitrogens is 2. The molecule has 0 unspecified atom stereocenters. The highest BCUT2D eigenvalue weighted by Gasteiger charge is 2.11. The zero-order valence-corrected chi connectivity index (χ0v) is 13.8. The highest BCUT2D eigenvalue weighted by molar-refractivity contribution is 8.01. The third-order valence-electron chi connectivity index (χ3n) is 2.99. The molecule has 0 aliphatic heterocycles. The van der Waals surface area contributed by atoms with Gasteiger partial charge in [0, 0.05) is 16.8 Å². The van der Waals surface area contributed by atoms with Crippen molar-refractivity contribution in [1.82, 2.24) is 9.97 Å². The number of carbonyl (C=O) groups excluding carboxylic acids is 1. The topological polar surface area (TPSA) is 74.8 Å². The predicted octanol–water partition coefficient (Wildman–Crippen LogP) is 3.54. The van der Waals surface area contributed by atoms with Crippen LogP contribution in [0.15, 0.2) is 61.9 Å². The maximum absolute atomic E-state index is 12.1. The first-order valence-electron chi connectivity index (χ1n) is 6.80. The number of H-pyrrole nitrogens is 1. The lowest BCUT2D eigenvalue weighted by Gasteiger charge is -2.05. The monoisotopic (exact) mass is 343 g/mol. The number of hydrogen-bond acceptors (Lipinski definition) is 5. The Morgan fingerprint density at radius 1 is 1.26 bits per heavy atom. The summed E-state index contributed by atoms with van der Waals surface area (Å²) < 4.78 is 1.18. The number of amides is 1. The number of aryl methyl sites for hydroxylation is 1. The summed E-state index contributed by atoms with van der Waals surface area (Å²) in [4.78, 5) is 31.7. The van der Waals surface area contributed by atoms with Crippen LogP contribution in [0.2, 0.25) is 0 Å². The smallest absolute Gasteiger partial charge is 0.262 e. The second-order valence-corrected chi connectivity index (χ2v) is 7.07. The number of anilines is 1. The summed E-state index contributed by atoms with van der Waals surface area (Å²) in [5.41, 5.74) is 0.362. The van der Waals surface area contributed by atoms with E-state index in [0.717, 1.165) is 4.90 Å². The minimum atomic E-state index is -0.475. The molecule has 0 aliphatic rings. The lowest BCUT2D eigenvalue weighted by atomic mass is 10.2. The number of nitrogens with one attached hydrogen (secondary N) is 2. The van der Waals surface area contributed by atoms with Crippen LogP contribution in [0.3, 0.4) is 0 Å². The van der Waals surface area contributed by atoms with Crippen LogP contribution in [-0.2, 0) is 0 Å². The van der Waals surface area contributed by atoms with Crippen LogP contribution in [-0.4, -0.2) is 15.9 Å². The largest absolute Gasteiger partial charge is 0.326 e. The van der Waals surface area contributed by atoms with Crippen molar-refractivity contribution < 1.29 is 4.79 Å². The lowest BCUT2D eigenvalue weighted by molar-refractivity contribution is 0.102. The molecule has 0 atom stereocenters. The van der Waals surface area contributed by atoms with Gasteiger partial charge in [-0.3, -0.25) is 9.59 Å². The van der Waals surface area contributed by atoms with Gasteiger partial charge in [-0.15, -0.1) is 11.3 Å². The summed E-state index contributed by atoms with van der Waals surface area (Å²) >= 11 is 3.27. The second-order valence-electron chi connectivity index (χ2n) is 4.75. The summed E-state index contributed by atoms with van der Waals surface area (Å²) in [6.45, 7) is 1.76. The summed E-state index contributed by atoms with van der Waals surface area (Å²) in [5.74, 6) is -0.0667. The van der Waals surface area contributed by atoms with E-state index in [1.54, 1.807) is 48.4 Å². The lowest BCUT2D eigenvalue weighted by Crippen LogP contribution is -2.23. The number of rotatable bonds is 4. The Balaban J connectivity index is 1.70. The van der Waals surface area contributed by atoms with Gasteiger partial charge >= 0.3 is 0 Å². The summed E-state index contributed by atoms with van der Waals surface area (Å²) in [6, 6.07) is 10.8. The number of aromatic amines is 1. The zero-order chi connectivity index (χ0) is 16.2. The van der Waals surface area contributed by atoms with E-state index in [1.165, 1.54) is 10.3 Å². The average molecular weight is 343 g/mol. The van der Waals surface area contributed by atoms with Crippen molar-refractivity contribution in [2.75, 3.05) is 5.32 Å². The predicted molar refractivity (Wildman–Crippen MR) is 92.4 cm³/mol. The maximum atomic E-state index is 12.1. The van der Waals surface area contributed by atoms with E-state index in [2.05, 4.69) is 15.3 Å². The van der Waals surface area contributed by atoms with Gasteiger partial charge in [0.05, 0.1) is 4.21 Å². The van der Waals surface area contributed by atoms with Crippen molar-refractivity contribution in [3.8, 4) is 0 Å². The molecule has 0 bridgehead atoms. The van der Waals surface area contributed by atoms with E-state index in [9.17, 15) is 9.59 Å². The molecule has 23 heavy (non-hydrogen) atoms. The minimum absolute atomic E-state index is 0.0643. The Morgan fingerprint density at radius 2 is 2.13 bits per heavy atom. The number of thiophene rings is 1. The Bertz CT molecular complexity index is 871. The van der Waals surface area contributed by atoms with Crippen molar-refractivity contribution in [1.29, 1.82) is 0 Å². The minimum Gasteiger partial charge on any atom is -0.326 e. The molecule has 3 rings (SSSR count). The Hall–Kier alpha value is -2.38. The molecule has 0 radical (unpaired) electrons. The van der Waals surface area contributed by atoms with Crippen molar-refractivity contribution >= 4 is 34.8 Å². The van der Waals surface area contributed by atoms with Gasteiger partial charge in [-0.1, -0.05) is 17.8 Å². The first kappa shape index (κ1) is 15.5. The molecule has 2 N–H and O–H groups in total. The first-order valence-corrected chi connectivity index (χ1v) is 8.50. The molecular weight excluding hydrogens is 330 g/mol. The van der Waals surface area contributed by atoms with Crippen LogP contribution in [0.5, 0.6) is 0 Å². The third-order valence-corrected chi connectivity index (χ3v) is 5.01. The fourth-order valence-corrected chi connectivity index (χ4v) is 3.60. The molecule has 5 nitrogen and oxygen atoms in total. The molecule has 0 fully saturated rings. The summed E-state index contributed by atoms with van der Waals surface area (Å²) in [7, 11) is 0. The van der Waals surface area contributed by atoms with Gasteiger partial charge in [0.1, 0.15) is 11.4 Å². The Kier molecular flexibility index (Phi) is 4.59. The van der Waals surface area contributed by atoms with Crippen LogP contribution in [0.1, 0.15) is 16.1 Å². The fourth-order valence-electron chi connectivity index (χ4n) is 1.89. The van der Waals surface area contributed by atoms with E-state index >= 15 is 0 Å². The number of carbonyl (C=O) groups is 1. The Labute approximate surface area is 140 Å². The van der Waals surface area contributed by atoms with Crippen LogP contribution in [0, 0.1) is 6.92 Å². The highest BCUT2D eigenvalue weighted by atomic mass is 32.2. The first-order chi connectivity index (χ1) is 11.1. The van der Waals surface area contributed by atoms with Gasteiger partial charge in [0.25, 0.3) is 11.5 Å². The van der Waals surface area contributed by atoms with E-state index < -0.39 is 11.5 Å². The molecule has 0 saturated carbocycles. The number of pyridine rings is 2. The van der Waals surface area contributed by atoms with Gasteiger partial charge in [-0.25, -0.2) is 4.98 Å². The van der Waals surface area contributed by atoms with Crippen LogP contribution < -0.4 is 10.9 Å². The van der Waals surface area contributed by atoms with Gasteiger partial charge < -0.3 is 10.3 Å². The summed E-state index contributed by atoms with van der Waals surface area (Å²) in [5, 5.41) is 4.65. The quantitative estimate of drug-likeness (QED) is 0.760. The highest BCUT2D eigenvalue weighted by Crippen LogP contribution is 2.30. The SMILES string of the molecule is Cc1ccc(C(=O)Nc2ccc(Sc3cccs3)cn2)c(=O)[nH]1. The fraction of sp³-hybridized carbons (Fsp3) is 0.0625. The van der Waals surface area contributed by atoms with Gasteiger partial charge in [0.2, 0.25) is 0 Å². The van der Waals surface area contributed by atoms with E-state index in [-0.39, 0.29) is 5.56 Å². The van der Waals surface area contributed by atoms with Crippen LogP contribution in [0.4, 0.5) is 5.82 Å². The third kappa shape index (κ3) is 3.88. The van der Waals surface area contributed by atoms with E-state index in [1.807, 2.05) is 23.6 Å². The van der Waals surface area contributed by atoms with Crippen molar-refractivity contribution in [2.24, 2.45) is 0 Å². The molecule has 0 aliphatic carbocycles. The van der Waals surface area contributed by atoms with Gasteiger partial charge in [0.15, 0.2) is 0 Å². The molecule has 3 aromatic heterocycles. The normalized spacial score (nSPS) is 10.5. The molecule has 0 spiro atoms. The second kappa shape index (κ2) is 6.80. The van der Waals surface area contributed by atoms with E-state index in [4.69, 9.17) is 0 Å². The van der Waals surface area contributed by atoms with Crippen LogP contribution >= 0.6 is 23.1 Å². The number of nitrogens with zero attached hydrogens (tertiary/aromatic N) is 1. The van der Waals surface area contributed by atoms with Crippen molar-refractivity contribution in [3.63, 3.8) is 0 Å². The molecule has 7 heteroatoms. The Morgan fingerprint density at radius 3 is 2.78 bits per heavy atom. The standard InChI is InChI=1S/C16H13N3O2S2/c1-10-4-6-12(15(20)18-10)16(21)19-13-7-5-11(9-17-13)23-14-3-2-8-22-14/h2-9H,1H3,(H,18,20)(H,17,19,21). The molecular formula is C16H13N3O2S2. The molecule has 116 valence electrons. The maximum Gasteiger partial charge on any atom is 0.262 e. The van der Waals surface area contributed by atoms with Crippen molar-refractivity contribution in [2.45, 2.75) is 16.0 Å². The van der Waals surface area contributed by atoms with Gasteiger partial charge in [-0.2, -0.15) is 0 Å². The average Bonchev–Trinajstić information content (AvgIpc) is 3.02. The van der Waals surface area contributed by atoms with E-state index in [0.29, 0.717) is 11.5 Å². The molecule has 3 heterocycles.